The quantitative estimate of drug-likeness (QED) is 0.0497. The first kappa shape index (κ1) is 51.1. The van der Waals surface area contributed by atoms with Gasteiger partial charge in [-0.05, 0) is 0 Å². The monoisotopic (exact) mass is 1090 g/mol. The molecule has 2 radical (unpaired) electrons. The molecule has 4 aromatic rings. The number of hydrogen-bond acceptors (Lipinski definition) is 2. The number of thiophene rings is 2. The van der Waals surface area contributed by atoms with E-state index in [1.807, 2.05) is 0 Å². The molecule has 4 atom stereocenters. The molecule has 0 bridgehead atoms. The van der Waals surface area contributed by atoms with Crippen molar-refractivity contribution in [1.29, 1.82) is 0 Å². The zero-order valence-corrected chi connectivity index (χ0v) is 49.5. The Labute approximate surface area is 405 Å². The summed E-state index contributed by atoms with van der Waals surface area (Å²) in [5, 5.41) is 3.29. The van der Waals surface area contributed by atoms with Crippen LogP contribution in [0.15, 0.2) is 36.4 Å². The average Bonchev–Trinajstić information content (AvgIpc) is 4.03. The molecule has 0 amide bonds. The van der Waals surface area contributed by atoms with Crippen molar-refractivity contribution in [2.75, 3.05) is 0 Å². The molecule has 0 spiro atoms. The van der Waals surface area contributed by atoms with E-state index in [1.54, 1.807) is 61.7 Å². The van der Waals surface area contributed by atoms with E-state index < -0.39 is 18.4 Å². The molecule has 2 heterocycles. The van der Waals surface area contributed by atoms with Gasteiger partial charge in [0.2, 0.25) is 0 Å². The van der Waals surface area contributed by atoms with Crippen LogP contribution in [0.5, 0.6) is 0 Å². The van der Waals surface area contributed by atoms with Gasteiger partial charge >= 0.3 is 409 Å². The van der Waals surface area contributed by atoms with Crippen molar-refractivity contribution in [2.24, 2.45) is 23.7 Å². The van der Waals surface area contributed by atoms with Gasteiger partial charge in [-0.1, -0.05) is 0 Å². The van der Waals surface area contributed by atoms with Crippen LogP contribution in [0.1, 0.15) is 218 Å². The van der Waals surface area contributed by atoms with Crippen molar-refractivity contribution in [2.45, 2.75) is 225 Å². The molecule has 0 fully saturated rings. The maximum atomic E-state index is 2.86. The molecule has 0 nitrogen and oxygen atoms in total. The van der Waals surface area contributed by atoms with Crippen LogP contribution in [0, 0.1) is 23.7 Å². The molecule has 6 rings (SSSR count). The van der Waals surface area contributed by atoms with E-state index in [2.05, 4.69) is 136 Å². The van der Waals surface area contributed by atoms with Crippen molar-refractivity contribution in [3.8, 4) is 20.9 Å². The topological polar surface area (TPSA) is 0 Å². The standard InChI is InChI=1S/C53H76S2.C2H5.3CH3.2Sn/c1-10-18-22-38(14-5)33-52(34-39(15-6)23-19-11-2)46-30-31-54-50(46)44-28-26-43-42(48(44)52)27-29-45-49(43)53(35-40(16-7)24-20-12-3,36-41(17-8)25-21-13-4)47-32-37(9)55-51(45)47;1-2;;;;;/h26-30,32,38-41H,9-25,33-36H2,1-8H3;1H2,2H3;3*1H3;;. The van der Waals surface area contributed by atoms with Gasteiger partial charge in [-0.25, -0.2) is 0 Å². The van der Waals surface area contributed by atoms with E-state index >= 15 is 0 Å². The Morgan fingerprint density at radius 1 is 0.516 bits per heavy atom. The van der Waals surface area contributed by atoms with Gasteiger partial charge in [-0.2, -0.15) is 0 Å². The first-order valence-corrected chi connectivity index (χ1v) is 42.2. The zero-order valence-electron chi connectivity index (χ0n) is 42.1. The molecule has 4 heteroatoms. The summed E-state index contributed by atoms with van der Waals surface area (Å²) in [7, 11) is 0. The second-order valence-electron chi connectivity index (χ2n) is 21.6. The number of fused-ring (bicyclic) bond motifs is 9. The van der Waals surface area contributed by atoms with Crippen LogP contribution in [0.3, 0.4) is 0 Å². The molecule has 0 saturated heterocycles. The fraction of sp³-hybridized carbons (Fsp3) is 0.690. The van der Waals surface area contributed by atoms with Gasteiger partial charge < -0.3 is 0 Å². The summed E-state index contributed by atoms with van der Waals surface area (Å²) in [6.07, 6.45) is 26.7. The molecular weight excluding hydrogens is 998 g/mol. The van der Waals surface area contributed by atoms with Gasteiger partial charge in [-0.15, -0.1) is 0 Å². The molecule has 62 heavy (non-hydrogen) atoms. The molecular formula is C58H90S2Sn2. The molecule has 2 aromatic heterocycles. The van der Waals surface area contributed by atoms with Crippen molar-refractivity contribution < 1.29 is 0 Å². The minimum absolute atomic E-state index is 0.0817. The van der Waals surface area contributed by atoms with Crippen molar-refractivity contribution in [3.63, 3.8) is 0 Å². The van der Waals surface area contributed by atoms with Crippen LogP contribution >= 0.6 is 22.7 Å². The molecule has 0 N–H and O–H groups in total. The van der Waals surface area contributed by atoms with E-state index in [9.17, 15) is 0 Å². The molecule has 4 unspecified atom stereocenters. The summed E-state index contributed by atoms with van der Waals surface area (Å²) in [6.45, 7) is 22.2. The van der Waals surface area contributed by atoms with Gasteiger partial charge in [0.05, 0.1) is 0 Å². The van der Waals surface area contributed by atoms with E-state index in [-0.39, 0.29) is 32.0 Å². The summed E-state index contributed by atoms with van der Waals surface area (Å²) in [5.41, 5.74) is 10.5. The normalized spacial score (nSPS) is 20.0. The second-order valence-corrected chi connectivity index (χ2v) is 43.6. The summed E-state index contributed by atoms with van der Waals surface area (Å²) in [4.78, 5) is 13.1. The molecule has 2 aromatic carbocycles. The molecule has 342 valence electrons. The van der Waals surface area contributed by atoms with Crippen LogP contribution in [0.25, 0.3) is 31.7 Å². The van der Waals surface area contributed by atoms with Crippen LogP contribution in [-0.2, 0) is 15.3 Å². The Morgan fingerprint density at radius 2 is 0.903 bits per heavy atom. The van der Waals surface area contributed by atoms with Gasteiger partial charge in [0, 0.05) is 0 Å². The molecule has 0 saturated carbocycles. The average molecular weight is 1090 g/mol. The van der Waals surface area contributed by atoms with E-state index in [0.29, 0.717) is 0 Å². The fourth-order valence-electron chi connectivity index (χ4n) is 12.5. The summed E-state index contributed by atoms with van der Waals surface area (Å²) >= 11 is 1.76. The third-order valence-electron chi connectivity index (χ3n) is 16.2. The van der Waals surface area contributed by atoms with Gasteiger partial charge in [0.15, 0.2) is 0 Å². The van der Waals surface area contributed by atoms with Crippen LogP contribution in [-0.4, -0.2) is 39.5 Å². The number of rotatable bonds is 28. The maximum absolute atomic E-state index is 2.86. The van der Waals surface area contributed by atoms with Crippen LogP contribution < -0.4 is 2.89 Å². The first-order chi connectivity index (χ1) is 29.9. The molecule has 2 aliphatic rings. The Balaban J connectivity index is 1.71. The number of hydrogen-bond donors (Lipinski definition) is 0. The Hall–Kier alpha value is -0.303. The number of unbranched alkanes of at least 4 members (excludes halogenated alkanes) is 4. The predicted octanol–water partition coefficient (Wildman–Crippen LogP) is 19.1. The van der Waals surface area contributed by atoms with Crippen LogP contribution in [0.2, 0.25) is 19.3 Å². The Bertz CT molecular complexity index is 1990. The van der Waals surface area contributed by atoms with E-state index in [0.717, 1.165) is 23.7 Å². The van der Waals surface area contributed by atoms with Crippen molar-refractivity contribution in [1.82, 2.24) is 0 Å². The minimum atomic E-state index is -2.36. The zero-order chi connectivity index (χ0) is 44.7. The number of benzene rings is 2. The summed E-state index contributed by atoms with van der Waals surface area (Å²) in [5.74, 6) is 3.04. The van der Waals surface area contributed by atoms with E-state index in [1.165, 1.54) is 137 Å². The van der Waals surface area contributed by atoms with Crippen LogP contribution in [0.4, 0.5) is 0 Å². The predicted molar refractivity (Wildman–Crippen MR) is 287 cm³/mol. The third-order valence-corrected chi connectivity index (χ3v) is 31.9. The summed E-state index contributed by atoms with van der Waals surface area (Å²) < 4.78 is 4.64. The summed E-state index contributed by atoms with van der Waals surface area (Å²) in [6, 6.07) is 16.6. The second kappa shape index (κ2) is 23.1. The van der Waals surface area contributed by atoms with Crippen molar-refractivity contribution >= 4 is 75.9 Å². The Kier molecular flexibility index (Phi) is 19.1. The van der Waals surface area contributed by atoms with Gasteiger partial charge in [0.1, 0.15) is 0 Å². The van der Waals surface area contributed by atoms with E-state index in [4.69, 9.17) is 0 Å². The first-order valence-electron chi connectivity index (χ1n) is 26.5. The van der Waals surface area contributed by atoms with Crippen molar-refractivity contribution in [3.05, 3.63) is 63.5 Å². The van der Waals surface area contributed by atoms with Gasteiger partial charge in [0.25, 0.3) is 0 Å². The fourth-order valence-corrected chi connectivity index (χ4v) is 23.1. The Morgan fingerprint density at radius 3 is 1.26 bits per heavy atom. The molecule has 2 aliphatic carbocycles. The van der Waals surface area contributed by atoms with Gasteiger partial charge in [-0.3, -0.25) is 0 Å². The third kappa shape index (κ3) is 10.5. The molecule has 0 aliphatic heterocycles. The SMILES string of the molecule is CCCCC(CC)CC1(CC(CC)CCCC)c2cc([CH2][Sn][CH2]C)sc2-c2ccc3c4c(ccc3c21)-c1s[c]([Sn]([CH3])([CH3])[CH3])cc1C4(CC(CC)CCCC)CC(CC)CCCC.